The van der Waals surface area contributed by atoms with Crippen molar-refractivity contribution < 1.29 is 8.78 Å². The summed E-state index contributed by atoms with van der Waals surface area (Å²) in [5.41, 5.74) is 0.314. The second-order valence-electron chi connectivity index (χ2n) is 5.39. The first-order valence-corrected chi connectivity index (χ1v) is 5.45. The van der Waals surface area contributed by atoms with Gasteiger partial charge in [-0.15, -0.1) is 0 Å². The van der Waals surface area contributed by atoms with Crippen LogP contribution in [0.4, 0.5) is 8.78 Å². The van der Waals surface area contributed by atoms with Crippen LogP contribution in [0, 0.1) is 5.41 Å². The minimum atomic E-state index is -2.79. The van der Waals surface area contributed by atoms with Gasteiger partial charge in [-0.1, -0.05) is 50.5 Å². The molecule has 0 saturated heterocycles. The Kier molecular flexibility index (Phi) is 3.77. The lowest BCUT2D eigenvalue weighted by molar-refractivity contribution is -0.0228. The van der Waals surface area contributed by atoms with Gasteiger partial charge in [-0.3, -0.25) is 0 Å². The highest BCUT2D eigenvalue weighted by Crippen LogP contribution is 2.36. The molecule has 0 spiro atoms. The molecule has 1 rings (SSSR count). The van der Waals surface area contributed by atoms with Crippen LogP contribution in [0.3, 0.4) is 0 Å². The van der Waals surface area contributed by atoms with Crippen LogP contribution in [0.15, 0.2) is 24.3 Å². The number of rotatable bonds is 3. The minimum Gasteiger partial charge on any atom is -0.201 e. The Hall–Kier alpha value is -0.855. The molecule has 3 heteroatoms. The summed E-state index contributed by atoms with van der Waals surface area (Å²) in [5.74, 6) is -2.79. The van der Waals surface area contributed by atoms with Gasteiger partial charge in [0.2, 0.25) is 0 Å². The van der Waals surface area contributed by atoms with Crippen molar-refractivity contribution in [2.45, 2.75) is 39.5 Å². The summed E-state index contributed by atoms with van der Waals surface area (Å²) in [7, 11) is 5.50. The topological polar surface area (TPSA) is 0 Å². The third kappa shape index (κ3) is 3.95. The van der Waals surface area contributed by atoms with Crippen LogP contribution < -0.4 is 5.46 Å². The Morgan fingerprint density at radius 1 is 1.12 bits per heavy atom. The maximum Gasteiger partial charge on any atom is 0.273 e. The quantitative estimate of drug-likeness (QED) is 0.687. The van der Waals surface area contributed by atoms with Crippen LogP contribution in [0.5, 0.6) is 0 Å². The fraction of sp³-hybridized carbons (Fsp3) is 0.538. The molecule has 0 nitrogen and oxygen atoms in total. The number of alkyl halides is 2. The van der Waals surface area contributed by atoms with Crippen molar-refractivity contribution >= 4 is 13.3 Å². The Labute approximate surface area is 97.5 Å². The van der Waals surface area contributed by atoms with Crippen LogP contribution in [-0.4, -0.2) is 7.85 Å². The van der Waals surface area contributed by atoms with Crippen LogP contribution >= 0.6 is 0 Å². The molecular formula is C13H17BF2. The van der Waals surface area contributed by atoms with Crippen molar-refractivity contribution in [2.24, 2.45) is 5.41 Å². The summed E-state index contributed by atoms with van der Waals surface area (Å²) in [6.07, 6.45) is 0.342. The fourth-order valence-corrected chi connectivity index (χ4v) is 1.44. The molecule has 0 aliphatic carbocycles. The van der Waals surface area contributed by atoms with E-state index in [1.165, 1.54) is 12.1 Å². The summed E-state index contributed by atoms with van der Waals surface area (Å²) >= 11 is 0. The predicted molar refractivity (Wildman–Crippen MR) is 64.4 cm³/mol. The molecule has 0 aliphatic rings. The van der Waals surface area contributed by atoms with E-state index < -0.39 is 5.92 Å². The maximum absolute atomic E-state index is 13.8. The number of hydrogen-bond donors (Lipinski definition) is 0. The Morgan fingerprint density at radius 2 is 1.75 bits per heavy atom. The highest BCUT2D eigenvalue weighted by Gasteiger charge is 2.32. The predicted octanol–water partition coefficient (Wildman–Crippen LogP) is 3.40. The lowest BCUT2D eigenvalue weighted by atomic mass is 9.86. The van der Waals surface area contributed by atoms with E-state index in [1.54, 1.807) is 12.1 Å². The van der Waals surface area contributed by atoms with Crippen LogP contribution in [0.25, 0.3) is 0 Å². The summed E-state index contributed by atoms with van der Waals surface area (Å²) < 4.78 is 27.6. The fourth-order valence-electron chi connectivity index (χ4n) is 1.44. The second-order valence-corrected chi connectivity index (χ2v) is 5.39. The first kappa shape index (κ1) is 13.2. The normalized spacial score (nSPS) is 12.8. The largest absolute Gasteiger partial charge is 0.273 e. The van der Waals surface area contributed by atoms with Crippen LogP contribution in [-0.2, 0) is 5.92 Å². The monoisotopic (exact) mass is 222 g/mol. The molecular weight excluding hydrogens is 205 g/mol. The molecule has 0 bridgehead atoms. The molecule has 0 saturated carbocycles. The summed E-state index contributed by atoms with van der Waals surface area (Å²) in [4.78, 5) is 0. The molecule has 0 amide bonds. The third-order valence-electron chi connectivity index (χ3n) is 2.50. The van der Waals surface area contributed by atoms with Crippen molar-refractivity contribution in [1.82, 2.24) is 0 Å². The van der Waals surface area contributed by atoms with E-state index in [0.29, 0.717) is 11.9 Å². The van der Waals surface area contributed by atoms with E-state index in [-0.39, 0.29) is 17.4 Å². The molecule has 2 radical (unpaired) electrons. The summed E-state index contributed by atoms with van der Waals surface area (Å²) in [5, 5.41) is 0. The second kappa shape index (κ2) is 4.56. The molecule has 0 N–H and O–H groups in total. The molecule has 0 aliphatic heterocycles. The molecule has 1 aromatic rings. The number of hydrogen-bond acceptors (Lipinski definition) is 0. The van der Waals surface area contributed by atoms with Gasteiger partial charge in [-0.2, -0.15) is 0 Å². The van der Waals surface area contributed by atoms with E-state index >= 15 is 0 Å². The van der Waals surface area contributed by atoms with E-state index in [4.69, 9.17) is 7.85 Å². The molecule has 0 aromatic heterocycles. The summed E-state index contributed by atoms with van der Waals surface area (Å²) in [6, 6.07) is 5.96. The molecule has 0 unspecified atom stereocenters. The van der Waals surface area contributed by atoms with Crippen LogP contribution in [0.2, 0.25) is 0 Å². The standard InChI is InChI=1S/C13H17BF2/c1-12(2,3)7-8-13(15,16)10-5-4-6-11(14)9-10/h4-6,9H,7-8H2,1-3H3. The third-order valence-corrected chi connectivity index (χ3v) is 2.50. The first-order chi connectivity index (χ1) is 7.21. The van der Waals surface area contributed by atoms with Crippen molar-refractivity contribution in [2.75, 3.05) is 0 Å². The lowest BCUT2D eigenvalue weighted by Gasteiger charge is -2.23. The molecule has 1 aromatic carbocycles. The number of benzene rings is 1. The zero-order valence-electron chi connectivity index (χ0n) is 10.1. The van der Waals surface area contributed by atoms with E-state index in [1.807, 2.05) is 20.8 Å². The average molecular weight is 222 g/mol. The lowest BCUT2D eigenvalue weighted by Crippen LogP contribution is -2.19. The van der Waals surface area contributed by atoms with Gasteiger partial charge in [0.15, 0.2) is 0 Å². The Balaban J connectivity index is 2.77. The molecule has 0 atom stereocenters. The van der Waals surface area contributed by atoms with Gasteiger partial charge in [0, 0.05) is 12.0 Å². The smallest absolute Gasteiger partial charge is 0.201 e. The minimum absolute atomic E-state index is 0.0109. The SMILES string of the molecule is [B]c1cccc(C(F)(F)CCC(C)(C)C)c1. The van der Waals surface area contributed by atoms with E-state index in [0.717, 1.165) is 0 Å². The average Bonchev–Trinajstić information content (AvgIpc) is 2.14. The van der Waals surface area contributed by atoms with Gasteiger partial charge in [0.25, 0.3) is 5.92 Å². The molecule has 0 fully saturated rings. The van der Waals surface area contributed by atoms with Gasteiger partial charge >= 0.3 is 0 Å². The van der Waals surface area contributed by atoms with Crippen LogP contribution in [0.1, 0.15) is 39.2 Å². The van der Waals surface area contributed by atoms with Gasteiger partial charge in [0.1, 0.15) is 7.85 Å². The van der Waals surface area contributed by atoms with Gasteiger partial charge < -0.3 is 0 Å². The van der Waals surface area contributed by atoms with E-state index in [2.05, 4.69) is 0 Å². The van der Waals surface area contributed by atoms with Crippen molar-refractivity contribution in [3.63, 3.8) is 0 Å². The van der Waals surface area contributed by atoms with Gasteiger partial charge in [-0.05, 0) is 11.8 Å². The van der Waals surface area contributed by atoms with Gasteiger partial charge in [-0.25, -0.2) is 8.78 Å². The highest BCUT2D eigenvalue weighted by molar-refractivity contribution is 6.32. The highest BCUT2D eigenvalue weighted by atomic mass is 19.3. The Bertz CT molecular complexity index is 353. The molecule has 0 heterocycles. The Morgan fingerprint density at radius 3 is 2.25 bits per heavy atom. The van der Waals surface area contributed by atoms with E-state index in [9.17, 15) is 8.78 Å². The maximum atomic E-state index is 13.8. The zero-order valence-corrected chi connectivity index (χ0v) is 10.1. The van der Waals surface area contributed by atoms with Crippen molar-refractivity contribution in [3.05, 3.63) is 29.8 Å². The zero-order chi connectivity index (χ0) is 12.4. The van der Waals surface area contributed by atoms with Gasteiger partial charge in [0.05, 0.1) is 0 Å². The molecule has 86 valence electrons. The first-order valence-electron chi connectivity index (χ1n) is 5.45. The van der Waals surface area contributed by atoms with Crippen molar-refractivity contribution in [3.8, 4) is 0 Å². The summed E-state index contributed by atoms with van der Waals surface area (Å²) in [6.45, 7) is 5.88. The molecule has 16 heavy (non-hydrogen) atoms. The number of halogens is 2. The van der Waals surface area contributed by atoms with Crippen molar-refractivity contribution in [1.29, 1.82) is 0 Å².